The maximum Gasteiger partial charge on any atom is 0.408 e. The van der Waals surface area contributed by atoms with Crippen molar-refractivity contribution in [3.8, 4) is 0 Å². The lowest BCUT2D eigenvalue weighted by molar-refractivity contribution is -0.124. The lowest BCUT2D eigenvalue weighted by Crippen LogP contribution is -2.51. The van der Waals surface area contributed by atoms with E-state index in [9.17, 15) is 14.7 Å². The first-order valence-corrected chi connectivity index (χ1v) is 12.1. The first kappa shape index (κ1) is 26.0. The number of alkyl carbamates (subject to hydrolysis) is 1. The van der Waals surface area contributed by atoms with E-state index in [1.165, 1.54) is 0 Å². The number of ether oxygens (including phenoxy) is 1. The molecular weight excluding hydrogens is 448 g/mol. The fourth-order valence-corrected chi connectivity index (χ4v) is 4.10. The molecule has 2 aromatic rings. The van der Waals surface area contributed by atoms with E-state index in [1.807, 2.05) is 68.4 Å². The van der Waals surface area contributed by atoms with Gasteiger partial charge in [-0.25, -0.2) is 4.79 Å². The predicted octanol–water partition coefficient (Wildman–Crippen LogP) is 4.39. The first-order chi connectivity index (χ1) is 15.4. The molecule has 2 amide bonds. The molecular formula is C24H31ClN2O4S. The molecule has 1 unspecified atom stereocenters. The molecule has 0 aliphatic rings. The van der Waals surface area contributed by atoms with Crippen LogP contribution in [-0.4, -0.2) is 41.6 Å². The molecule has 0 aromatic heterocycles. The zero-order valence-corrected chi connectivity index (χ0v) is 20.0. The number of halogens is 1. The minimum atomic E-state index is -0.742. The molecule has 0 saturated carbocycles. The number of nitrogens with one attached hydrogen (secondary N) is 2. The Morgan fingerprint density at radius 1 is 1.03 bits per heavy atom. The number of carbonyl (C=O) groups is 2. The van der Waals surface area contributed by atoms with Crippen molar-refractivity contribution in [1.82, 2.24) is 10.6 Å². The third-order valence-electron chi connectivity index (χ3n) is 4.60. The van der Waals surface area contributed by atoms with Crippen molar-refractivity contribution in [3.05, 3.63) is 70.7 Å². The molecule has 0 bridgehead atoms. The number of hydrogen-bond acceptors (Lipinski definition) is 5. The Kier molecular flexibility index (Phi) is 11.4. The van der Waals surface area contributed by atoms with Crippen LogP contribution in [0.5, 0.6) is 0 Å². The van der Waals surface area contributed by atoms with Crippen LogP contribution in [0, 0.1) is 5.92 Å². The van der Waals surface area contributed by atoms with Crippen molar-refractivity contribution >= 4 is 35.4 Å². The number of rotatable bonds is 12. The summed E-state index contributed by atoms with van der Waals surface area (Å²) < 4.78 is 5.25. The minimum Gasteiger partial charge on any atom is -0.445 e. The topological polar surface area (TPSA) is 87.7 Å². The van der Waals surface area contributed by atoms with E-state index in [4.69, 9.17) is 16.3 Å². The minimum absolute atomic E-state index is 0.128. The Balaban J connectivity index is 1.84. The highest BCUT2D eigenvalue weighted by Crippen LogP contribution is 2.16. The van der Waals surface area contributed by atoms with Crippen molar-refractivity contribution in [1.29, 1.82) is 0 Å². The number of carbonyl (C=O) groups excluding carboxylic acids is 2. The maximum absolute atomic E-state index is 12.8. The lowest BCUT2D eigenvalue weighted by atomic mass is 10.0. The molecule has 0 saturated heterocycles. The number of hydrogen-bond donors (Lipinski definition) is 3. The molecule has 0 fully saturated rings. The molecule has 2 rings (SSSR count). The molecule has 8 heteroatoms. The Labute approximate surface area is 199 Å². The predicted molar refractivity (Wildman–Crippen MR) is 130 cm³/mol. The quantitative estimate of drug-likeness (QED) is 0.421. The van der Waals surface area contributed by atoms with Gasteiger partial charge in [-0.05, 0) is 35.6 Å². The monoisotopic (exact) mass is 478 g/mol. The Hall–Kier alpha value is -2.22. The van der Waals surface area contributed by atoms with E-state index >= 15 is 0 Å². The summed E-state index contributed by atoms with van der Waals surface area (Å²) in [6, 6.07) is 15.7. The van der Waals surface area contributed by atoms with Crippen molar-refractivity contribution < 1.29 is 19.4 Å². The first-order valence-electron chi connectivity index (χ1n) is 10.6. The van der Waals surface area contributed by atoms with E-state index < -0.39 is 18.2 Å². The maximum atomic E-state index is 12.8. The summed E-state index contributed by atoms with van der Waals surface area (Å²) in [5.74, 6) is 1.13. The van der Waals surface area contributed by atoms with Gasteiger partial charge in [0.1, 0.15) is 12.6 Å². The lowest BCUT2D eigenvalue weighted by Gasteiger charge is -2.23. The molecule has 3 N–H and O–H groups in total. The summed E-state index contributed by atoms with van der Waals surface area (Å²) in [4.78, 5) is 25.1. The van der Waals surface area contributed by atoms with Crippen molar-refractivity contribution in [3.63, 3.8) is 0 Å². The molecule has 32 heavy (non-hydrogen) atoms. The fraction of sp³-hybridized carbons (Fsp3) is 0.417. The van der Waals surface area contributed by atoms with Gasteiger partial charge in [0.05, 0.1) is 12.6 Å². The second kappa shape index (κ2) is 14.0. The van der Waals surface area contributed by atoms with Gasteiger partial charge in [-0.2, -0.15) is 11.8 Å². The summed E-state index contributed by atoms with van der Waals surface area (Å²) in [6.07, 6.45) is -0.185. The third kappa shape index (κ3) is 9.94. The second-order valence-corrected chi connectivity index (χ2v) is 9.38. The number of aliphatic hydroxyl groups excluding tert-OH is 1. The molecule has 0 heterocycles. The van der Waals surface area contributed by atoms with Gasteiger partial charge >= 0.3 is 6.09 Å². The second-order valence-electron chi connectivity index (χ2n) is 7.92. The van der Waals surface area contributed by atoms with Crippen LogP contribution in [0.25, 0.3) is 0 Å². The van der Waals surface area contributed by atoms with Crippen LogP contribution in [0.15, 0.2) is 54.6 Å². The van der Waals surface area contributed by atoms with Crippen LogP contribution in [0.1, 0.15) is 31.4 Å². The zero-order chi connectivity index (χ0) is 23.3. The molecule has 2 aromatic carbocycles. The van der Waals surface area contributed by atoms with Crippen molar-refractivity contribution in [2.45, 2.75) is 44.7 Å². The van der Waals surface area contributed by atoms with Gasteiger partial charge in [-0.15, -0.1) is 0 Å². The summed E-state index contributed by atoms with van der Waals surface area (Å²) >= 11 is 7.50. The van der Waals surface area contributed by atoms with Crippen LogP contribution in [0.3, 0.4) is 0 Å². The van der Waals surface area contributed by atoms with Crippen molar-refractivity contribution in [2.75, 3.05) is 12.4 Å². The highest BCUT2D eigenvalue weighted by molar-refractivity contribution is 7.98. The van der Waals surface area contributed by atoms with Gasteiger partial charge in [0.15, 0.2) is 0 Å². The summed E-state index contributed by atoms with van der Waals surface area (Å²) in [5, 5.41) is 15.9. The zero-order valence-electron chi connectivity index (χ0n) is 18.4. The van der Waals surface area contributed by atoms with E-state index in [0.29, 0.717) is 17.2 Å². The summed E-state index contributed by atoms with van der Waals surface area (Å²) in [7, 11) is 0. The normalized spacial score (nSPS) is 12.8. The fourth-order valence-electron chi connectivity index (χ4n) is 2.95. The van der Waals surface area contributed by atoms with Gasteiger partial charge in [0.25, 0.3) is 0 Å². The number of amides is 2. The number of thioether (sulfide) groups is 1. The molecule has 0 aliphatic heterocycles. The van der Waals surface area contributed by atoms with Crippen LogP contribution in [-0.2, 0) is 21.9 Å². The molecule has 0 spiro atoms. The number of aliphatic hydroxyl groups is 1. The van der Waals surface area contributed by atoms with E-state index in [0.717, 1.165) is 16.9 Å². The van der Waals surface area contributed by atoms with Crippen LogP contribution in [0.4, 0.5) is 4.79 Å². The molecule has 174 valence electrons. The van der Waals surface area contributed by atoms with Crippen LogP contribution in [0.2, 0.25) is 5.02 Å². The molecule has 6 nitrogen and oxygen atoms in total. The van der Waals surface area contributed by atoms with Gasteiger partial charge in [0, 0.05) is 16.5 Å². The smallest absolute Gasteiger partial charge is 0.408 e. The molecule has 2 atom stereocenters. The Morgan fingerprint density at radius 3 is 2.34 bits per heavy atom. The van der Waals surface area contributed by atoms with Crippen molar-refractivity contribution in [2.24, 2.45) is 5.92 Å². The van der Waals surface area contributed by atoms with Gasteiger partial charge in [-0.3, -0.25) is 4.79 Å². The van der Waals surface area contributed by atoms with E-state index in [-0.39, 0.29) is 25.0 Å². The standard InChI is InChI=1S/C24H31ClN2O4S/c1-17(2)12-22(27-24(30)31-14-18-6-4-3-5-7-18)23(29)26-21(13-28)16-32-15-19-8-10-20(25)11-9-19/h3-11,17,21-22,28H,12-16H2,1-2H3,(H,26,29)(H,27,30)/t21?,22-/m1/s1. The summed E-state index contributed by atoms with van der Waals surface area (Å²) in [6.45, 7) is 3.89. The SMILES string of the molecule is CC(C)C[C@@H](NC(=O)OCc1ccccc1)C(=O)NC(CO)CSCc1ccc(Cl)cc1. The average Bonchev–Trinajstić information content (AvgIpc) is 2.78. The van der Waals surface area contributed by atoms with Gasteiger partial charge in [-0.1, -0.05) is 67.9 Å². The van der Waals surface area contributed by atoms with E-state index in [1.54, 1.807) is 11.8 Å². The average molecular weight is 479 g/mol. The highest BCUT2D eigenvalue weighted by atomic mass is 35.5. The summed E-state index contributed by atoms with van der Waals surface area (Å²) in [5.41, 5.74) is 1.98. The largest absolute Gasteiger partial charge is 0.445 e. The van der Waals surface area contributed by atoms with Crippen LogP contribution >= 0.6 is 23.4 Å². The number of benzene rings is 2. The van der Waals surface area contributed by atoms with Crippen LogP contribution < -0.4 is 10.6 Å². The Morgan fingerprint density at radius 2 is 1.72 bits per heavy atom. The van der Waals surface area contributed by atoms with Gasteiger partial charge in [0.2, 0.25) is 5.91 Å². The molecule has 0 radical (unpaired) electrons. The third-order valence-corrected chi connectivity index (χ3v) is 6.02. The highest BCUT2D eigenvalue weighted by Gasteiger charge is 2.24. The molecule has 0 aliphatic carbocycles. The Bertz CT molecular complexity index is 834. The van der Waals surface area contributed by atoms with Gasteiger partial charge < -0.3 is 20.5 Å². The van der Waals surface area contributed by atoms with E-state index in [2.05, 4.69) is 10.6 Å².